The Kier molecular flexibility index (Phi) is 4.62. The zero-order valence-electron chi connectivity index (χ0n) is 9.71. The fraction of sp³-hybridized carbons (Fsp3) is 0.417. The molecule has 88 valence electrons. The number of anilines is 1. The molecule has 1 aromatic carbocycles. The predicted molar refractivity (Wildman–Crippen MR) is 65.9 cm³/mol. The first-order valence-electron chi connectivity index (χ1n) is 5.18. The summed E-state index contributed by atoms with van der Waals surface area (Å²) in [6, 6.07) is 5.57. The van der Waals surface area contributed by atoms with E-state index in [1.807, 2.05) is 32.9 Å². The van der Waals surface area contributed by atoms with Crippen molar-refractivity contribution >= 4 is 23.3 Å². The second kappa shape index (κ2) is 5.75. The van der Waals surface area contributed by atoms with Crippen LogP contribution in [-0.4, -0.2) is 18.6 Å². The lowest BCUT2D eigenvalue weighted by Gasteiger charge is -2.10. The normalized spacial score (nSPS) is 10.3. The number of aryl methyl sites for hydroxylation is 1. The maximum Gasteiger partial charge on any atom is 0.325 e. The van der Waals surface area contributed by atoms with Crippen LogP contribution in [0.4, 0.5) is 5.69 Å². The van der Waals surface area contributed by atoms with Gasteiger partial charge in [-0.1, -0.05) is 17.7 Å². The van der Waals surface area contributed by atoms with Crippen molar-refractivity contribution in [2.45, 2.75) is 26.9 Å². The Morgan fingerprint density at radius 3 is 2.75 bits per heavy atom. The number of ether oxygens (including phenoxy) is 1. The molecule has 16 heavy (non-hydrogen) atoms. The summed E-state index contributed by atoms with van der Waals surface area (Å²) < 4.78 is 4.99. The molecule has 4 heteroatoms. The SMILES string of the molecule is Cc1ccc(NCC(=O)OC(C)C)cc1Cl. The average molecular weight is 242 g/mol. The molecule has 0 bridgehead atoms. The van der Waals surface area contributed by atoms with Crippen molar-refractivity contribution in [3.8, 4) is 0 Å². The average Bonchev–Trinajstić information content (AvgIpc) is 2.19. The molecular formula is C12H16ClNO2. The molecule has 0 atom stereocenters. The first-order valence-corrected chi connectivity index (χ1v) is 5.56. The highest BCUT2D eigenvalue weighted by atomic mass is 35.5. The van der Waals surface area contributed by atoms with Gasteiger partial charge in [-0.05, 0) is 38.5 Å². The van der Waals surface area contributed by atoms with Gasteiger partial charge in [-0.2, -0.15) is 0 Å². The molecule has 0 fully saturated rings. The zero-order valence-corrected chi connectivity index (χ0v) is 10.5. The number of carbonyl (C=O) groups is 1. The lowest BCUT2D eigenvalue weighted by Crippen LogP contribution is -2.20. The van der Waals surface area contributed by atoms with Crippen molar-refractivity contribution in [2.75, 3.05) is 11.9 Å². The van der Waals surface area contributed by atoms with Crippen LogP contribution in [0.15, 0.2) is 18.2 Å². The van der Waals surface area contributed by atoms with E-state index in [9.17, 15) is 4.79 Å². The monoisotopic (exact) mass is 241 g/mol. The van der Waals surface area contributed by atoms with Gasteiger partial charge in [0.15, 0.2) is 0 Å². The Hall–Kier alpha value is -1.22. The molecular weight excluding hydrogens is 226 g/mol. The lowest BCUT2D eigenvalue weighted by molar-refractivity contribution is -0.145. The molecule has 0 saturated carbocycles. The summed E-state index contributed by atoms with van der Waals surface area (Å²) in [6.07, 6.45) is -0.0871. The summed E-state index contributed by atoms with van der Waals surface area (Å²) in [5.41, 5.74) is 1.83. The van der Waals surface area contributed by atoms with Gasteiger partial charge in [-0.25, -0.2) is 0 Å². The van der Waals surface area contributed by atoms with Gasteiger partial charge in [-0.3, -0.25) is 4.79 Å². The number of nitrogens with one attached hydrogen (secondary N) is 1. The van der Waals surface area contributed by atoms with Crippen LogP contribution in [0.25, 0.3) is 0 Å². The van der Waals surface area contributed by atoms with Gasteiger partial charge in [0.05, 0.1) is 6.10 Å². The Morgan fingerprint density at radius 1 is 1.50 bits per heavy atom. The van der Waals surface area contributed by atoms with Crippen molar-refractivity contribution in [2.24, 2.45) is 0 Å². The topological polar surface area (TPSA) is 38.3 Å². The molecule has 0 aliphatic heterocycles. The minimum atomic E-state index is -0.272. The summed E-state index contributed by atoms with van der Waals surface area (Å²) in [7, 11) is 0. The third-order valence-corrected chi connectivity index (χ3v) is 2.38. The smallest absolute Gasteiger partial charge is 0.325 e. The Labute approximate surface area is 101 Å². The summed E-state index contributed by atoms with van der Waals surface area (Å²) in [5, 5.41) is 3.64. The molecule has 1 N–H and O–H groups in total. The third kappa shape index (κ3) is 4.11. The first kappa shape index (κ1) is 12.8. The van der Waals surface area contributed by atoms with Gasteiger partial charge in [-0.15, -0.1) is 0 Å². The van der Waals surface area contributed by atoms with E-state index >= 15 is 0 Å². The van der Waals surface area contributed by atoms with E-state index < -0.39 is 0 Å². The molecule has 0 heterocycles. The van der Waals surface area contributed by atoms with E-state index in [4.69, 9.17) is 16.3 Å². The number of halogens is 1. The first-order chi connectivity index (χ1) is 7.49. The fourth-order valence-electron chi connectivity index (χ4n) is 1.18. The predicted octanol–water partition coefficient (Wildman–Crippen LogP) is 3.01. The largest absolute Gasteiger partial charge is 0.462 e. The van der Waals surface area contributed by atoms with Gasteiger partial charge >= 0.3 is 5.97 Å². The van der Waals surface area contributed by atoms with E-state index in [0.717, 1.165) is 11.3 Å². The highest BCUT2D eigenvalue weighted by molar-refractivity contribution is 6.31. The number of hydrogen-bond acceptors (Lipinski definition) is 3. The van der Waals surface area contributed by atoms with E-state index in [-0.39, 0.29) is 18.6 Å². The van der Waals surface area contributed by atoms with Crippen LogP contribution in [0, 0.1) is 6.92 Å². The second-order valence-corrected chi connectivity index (χ2v) is 4.26. The highest BCUT2D eigenvalue weighted by Crippen LogP contribution is 2.19. The number of benzene rings is 1. The van der Waals surface area contributed by atoms with Gasteiger partial charge in [0, 0.05) is 10.7 Å². The maximum absolute atomic E-state index is 11.3. The summed E-state index contributed by atoms with van der Waals surface area (Å²) in [4.78, 5) is 11.3. The molecule has 1 rings (SSSR count). The Bertz CT molecular complexity index is 377. The van der Waals surface area contributed by atoms with Crippen LogP contribution in [0.2, 0.25) is 5.02 Å². The van der Waals surface area contributed by atoms with Crippen molar-refractivity contribution in [1.82, 2.24) is 0 Å². The lowest BCUT2D eigenvalue weighted by atomic mass is 10.2. The van der Waals surface area contributed by atoms with Crippen molar-refractivity contribution < 1.29 is 9.53 Å². The van der Waals surface area contributed by atoms with E-state index in [2.05, 4.69) is 5.32 Å². The molecule has 1 aromatic rings. The molecule has 0 spiro atoms. The van der Waals surface area contributed by atoms with E-state index in [0.29, 0.717) is 5.02 Å². The molecule has 0 radical (unpaired) electrons. The summed E-state index contributed by atoms with van der Waals surface area (Å²) >= 11 is 5.96. The van der Waals surface area contributed by atoms with Crippen LogP contribution < -0.4 is 5.32 Å². The van der Waals surface area contributed by atoms with Gasteiger partial charge in [0.1, 0.15) is 6.54 Å². The number of hydrogen-bond donors (Lipinski definition) is 1. The maximum atomic E-state index is 11.3. The number of esters is 1. The minimum Gasteiger partial charge on any atom is -0.462 e. The Balaban J connectivity index is 2.48. The van der Waals surface area contributed by atoms with Crippen molar-refractivity contribution in [1.29, 1.82) is 0 Å². The van der Waals surface area contributed by atoms with Gasteiger partial charge < -0.3 is 10.1 Å². The quantitative estimate of drug-likeness (QED) is 0.824. The third-order valence-electron chi connectivity index (χ3n) is 1.98. The van der Waals surface area contributed by atoms with Crippen LogP contribution in [0.1, 0.15) is 19.4 Å². The number of rotatable bonds is 4. The molecule has 0 aliphatic rings. The van der Waals surface area contributed by atoms with E-state index in [1.54, 1.807) is 6.07 Å². The zero-order chi connectivity index (χ0) is 12.1. The molecule has 3 nitrogen and oxygen atoms in total. The van der Waals surface area contributed by atoms with Crippen LogP contribution in [0.5, 0.6) is 0 Å². The highest BCUT2D eigenvalue weighted by Gasteiger charge is 2.05. The summed E-state index contributed by atoms with van der Waals surface area (Å²) in [6.45, 7) is 5.72. The second-order valence-electron chi connectivity index (χ2n) is 3.86. The minimum absolute atomic E-state index is 0.0871. The van der Waals surface area contributed by atoms with Gasteiger partial charge in [0.25, 0.3) is 0 Å². The van der Waals surface area contributed by atoms with Crippen LogP contribution in [-0.2, 0) is 9.53 Å². The Morgan fingerprint density at radius 2 is 2.19 bits per heavy atom. The van der Waals surface area contributed by atoms with Crippen LogP contribution in [0.3, 0.4) is 0 Å². The molecule has 0 saturated heterocycles. The van der Waals surface area contributed by atoms with Crippen LogP contribution >= 0.6 is 11.6 Å². The summed E-state index contributed by atoms with van der Waals surface area (Å²) in [5.74, 6) is -0.272. The van der Waals surface area contributed by atoms with Crippen molar-refractivity contribution in [3.05, 3.63) is 28.8 Å². The molecule has 0 amide bonds. The van der Waals surface area contributed by atoms with Gasteiger partial charge in [0.2, 0.25) is 0 Å². The molecule has 0 aromatic heterocycles. The number of carbonyl (C=O) groups excluding carboxylic acids is 1. The van der Waals surface area contributed by atoms with E-state index in [1.165, 1.54) is 0 Å². The van der Waals surface area contributed by atoms with Crippen molar-refractivity contribution in [3.63, 3.8) is 0 Å². The molecule has 0 unspecified atom stereocenters. The molecule has 0 aliphatic carbocycles. The fourth-order valence-corrected chi connectivity index (χ4v) is 1.36. The standard InChI is InChI=1S/C12H16ClNO2/c1-8(2)16-12(15)7-14-10-5-4-9(3)11(13)6-10/h4-6,8,14H,7H2,1-3H3.